The number of hydrogen-bond donors (Lipinski definition) is 2. The van der Waals surface area contributed by atoms with E-state index >= 15 is 0 Å². The summed E-state index contributed by atoms with van der Waals surface area (Å²) in [6.07, 6.45) is 0. The zero-order valence-corrected chi connectivity index (χ0v) is 19.7. The zero-order chi connectivity index (χ0) is 21.4. The molecule has 2 aromatic rings. The van der Waals surface area contributed by atoms with E-state index in [1.165, 1.54) is 11.0 Å². The molecule has 2 aromatic carbocycles. The highest BCUT2D eigenvalue weighted by Gasteiger charge is 2.11. The molecule has 164 valence electrons. The highest BCUT2D eigenvalue weighted by Crippen LogP contribution is 2.22. The Morgan fingerprint density at radius 3 is 2.30 bits per heavy atom. The van der Waals surface area contributed by atoms with Crippen LogP contribution in [0.5, 0.6) is 5.75 Å². The summed E-state index contributed by atoms with van der Waals surface area (Å²) in [4.78, 5) is 17.6. The van der Waals surface area contributed by atoms with Crippen molar-refractivity contribution < 1.29 is 18.3 Å². The zero-order valence-electron chi connectivity index (χ0n) is 17.4. The normalized spacial score (nSPS) is 11.0. The number of halogens is 3. The molecule has 0 atom stereocenters. The summed E-state index contributed by atoms with van der Waals surface area (Å²) in [6, 6.07) is 12.3. The van der Waals surface area contributed by atoms with Crippen molar-refractivity contribution in [1.29, 1.82) is 0 Å². The Kier molecular flexibility index (Phi) is 10.5. The molecule has 9 heteroatoms. The molecule has 0 saturated heterocycles. The molecule has 0 aromatic heterocycles. The average molecular weight is 532 g/mol. The van der Waals surface area contributed by atoms with Crippen LogP contribution in [0.2, 0.25) is 0 Å². The summed E-state index contributed by atoms with van der Waals surface area (Å²) in [5.41, 5.74) is 3.14. The first-order chi connectivity index (χ1) is 13.8. The van der Waals surface area contributed by atoms with Crippen molar-refractivity contribution in [2.45, 2.75) is 26.6 Å². The first-order valence-electron chi connectivity index (χ1n) is 9.09. The second kappa shape index (κ2) is 12.3. The maximum Gasteiger partial charge on any atom is 0.387 e. The molecular formula is C21H27F2IN4O2. The van der Waals surface area contributed by atoms with Gasteiger partial charge >= 0.3 is 6.61 Å². The van der Waals surface area contributed by atoms with E-state index in [-0.39, 0.29) is 42.2 Å². The maximum absolute atomic E-state index is 12.6. The van der Waals surface area contributed by atoms with Crippen LogP contribution in [0.3, 0.4) is 0 Å². The number of benzene rings is 2. The molecule has 0 unspecified atom stereocenters. The number of rotatable bonds is 7. The fourth-order valence-corrected chi connectivity index (χ4v) is 2.67. The molecule has 0 bridgehead atoms. The third-order valence-corrected chi connectivity index (χ3v) is 4.17. The monoisotopic (exact) mass is 532 g/mol. The summed E-state index contributed by atoms with van der Waals surface area (Å²) < 4.78 is 29.8. The van der Waals surface area contributed by atoms with Gasteiger partial charge in [-0.1, -0.05) is 29.8 Å². The van der Waals surface area contributed by atoms with E-state index < -0.39 is 6.61 Å². The highest BCUT2D eigenvalue weighted by molar-refractivity contribution is 14.0. The third kappa shape index (κ3) is 7.77. The van der Waals surface area contributed by atoms with Crippen molar-refractivity contribution in [1.82, 2.24) is 15.5 Å². The summed E-state index contributed by atoms with van der Waals surface area (Å²) in [7, 11) is 5.04. The van der Waals surface area contributed by atoms with E-state index in [1.54, 1.807) is 45.4 Å². The van der Waals surface area contributed by atoms with Crippen LogP contribution in [0.1, 0.15) is 27.0 Å². The number of aryl methyl sites for hydroxylation is 1. The lowest BCUT2D eigenvalue weighted by atomic mass is 10.1. The Morgan fingerprint density at radius 1 is 1.10 bits per heavy atom. The number of ether oxygens (including phenoxy) is 1. The van der Waals surface area contributed by atoms with Crippen molar-refractivity contribution in [3.8, 4) is 5.75 Å². The largest absolute Gasteiger partial charge is 0.434 e. The number of amides is 1. The topological polar surface area (TPSA) is 66.0 Å². The van der Waals surface area contributed by atoms with Crippen molar-refractivity contribution in [2.75, 3.05) is 21.1 Å². The first-order valence-corrected chi connectivity index (χ1v) is 9.09. The van der Waals surface area contributed by atoms with Gasteiger partial charge in [0.1, 0.15) is 5.75 Å². The molecule has 0 aliphatic heterocycles. The Balaban J connectivity index is 0.00000450. The van der Waals surface area contributed by atoms with E-state index in [1.807, 2.05) is 19.1 Å². The number of nitrogens with one attached hydrogen (secondary N) is 2. The standard InChI is InChI=1S/C21H26F2N4O2.HI/c1-14-5-10-18(29-20(22)23)17(11-14)13-26-21(24-2)25-12-15-6-8-16(9-7-15)19(28)27(3)4;/h5-11,20H,12-13H2,1-4H3,(H2,24,25,26);1H. The maximum atomic E-state index is 12.6. The molecule has 30 heavy (non-hydrogen) atoms. The predicted molar refractivity (Wildman–Crippen MR) is 125 cm³/mol. The molecule has 2 N–H and O–H groups in total. The van der Waals surface area contributed by atoms with Gasteiger partial charge in [-0.25, -0.2) is 0 Å². The summed E-state index contributed by atoms with van der Waals surface area (Å²) in [6.45, 7) is -0.228. The van der Waals surface area contributed by atoms with Gasteiger partial charge in [-0.2, -0.15) is 8.78 Å². The lowest BCUT2D eigenvalue weighted by molar-refractivity contribution is -0.0504. The minimum atomic E-state index is -2.88. The molecule has 0 spiro atoms. The van der Waals surface area contributed by atoms with Gasteiger partial charge in [0.2, 0.25) is 0 Å². The van der Waals surface area contributed by atoms with Crippen LogP contribution in [0, 0.1) is 6.92 Å². The molecule has 0 radical (unpaired) electrons. The SMILES string of the molecule is CN=C(NCc1ccc(C(=O)N(C)C)cc1)NCc1cc(C)ccc1OC(F)F.I. The Hall–Kier alpha value is -2.43. The van der Waals surface area contributed by atoms with Crippen LogP contribution in [-0.4, -0.2) is 44.5 Å². The van der Waals surface area contributed by atoms with Gasteiger partial charge in [-0.05, 0) is 30.7 Å². The highest BCUT2D eigenvalue weighted by atomic mass is 127. The molecule has 0 fully saturated rings. The molecule has 0 aliphatic carbocycles. The van der Waals surface area contributed by atoms with E-state index in [0.29, 0.717) is 23.6 Å². The lowest BCUT2D eigenvalue weighted by Crippen LogP contribution is -2.36. The molecule has 1 amide bonds. The fourth-order valence-electron chi connectivity index (χ4n) is 2.67. The minimum Gasteiger partial charge on any atom is -0.434 e. The second-order valence-electron chi connectivity index (χ2n) is 6.67. The molecule has 0 saturated carbocycles. The summed E-state index contributed by atoms with van der Waals surface area (Å²) in [5, 5.41) is 6.25. The van der Waals surface area contributed by atoms with Gasteiger partial charge in [-0.3, -0.25) is 9.79 Å². The number of guanidine groups is 1. The molecule has 2 rings (SSSR count). The second-order valence-corrected chi connectivity index (χ2v) is 6.67. The van der Waals surface area contributed by atoms with Crippen LogP contribution in [0.25, 0.3) is 0 Å². The van der Waals surface area contributed by atoms with Crippen molar-refractivity contribution in [3.05, 3.63) is 64.7 Å². The van der Waals surface area contributed by atoms with Crippen LogP contribution in [0.4, 0.5) is 8.78 Å². The van der Waals surface area contributed by atoms with Gasteiger partial charge in [0, 0.05) is 45.4 Å². The number of nitrogens with zero attached hydrogens (tertiary/aromatic N) is 2. The molecular weight excluding hydrogens is 505 g/mol. The van der Waals surface area contributed by atoms with Gasteiger partial charge in [0.25, 0.3) is 5.91 Å². The Labute approximate surface area is 192 Å². The Morgan fingerprint density at radius 2 is 1.73 bits per heavy atom. The summed E-state index contributed by atoms with van der Waals surface area (Å²) in [5.74, 6) is 0.597. The quantitative estimate of drug-likeness (QED) is 0.324. The van der Waals surface area contributed by atoms with Crippen molar-refractivity contribution in [3.63, 3.8) is 0 Å². The average Bonchev–Trinajstić information content (AvgIpc) is 2.69. The third-order valence-electron chi connectivity index (χ3n) is 4.17. The number of hydrogen-bond acceptors (Lipinski definition) is 3. The van der Waals surface area contributed by atoms with Crippen LogP contribution < -0.4 is 15.4 Å². The van der Waals surface area contributed by atoms with Gasteiger partial charge in [0.15, 0.2) is 5.96 Å². The fraction of sp³-hybridized carbons (Fsp3) is 0.333. The van der Waals surface area contributed by atoms with E-state index in [4.69, 9.17) is 0 Å². The van der Waals surface area contributed by atoms with Gasteiger partial charge < -0.3 is 20.3 Å². The number of aliphatic imine (C=N–C) groups is 1. The van der Waals surface area contributed by atoms with E-state index in [9.17, 15) is 13.6 Å². The minimum absolute atomic E-state index is 0. The van der Waals surface area contributed by atoms with Crippen molar-refractivity contribution >= 4 is 35.8 Å². The Bertz CT molecular complexity index is 859. The lowest BCUT2D eigenvalue weighted by Gasteiger charge is -2.15. The molecule has 0 aliphatic rings. The first kappa shape index (κ1) is 25.6. The molecule has 6 nitrogen and oxygen atoms in total. The van der Waals surface area contributed by atoms with E-state index in [0.717, 1.165) is 11.1 Å². The number of carbonyl (C=O) groups is 1. The predicted octanol–water partition coefficient (Wildman–Crippen LogP) is 3.78. The van der Waals surface area contributed by atoms with Crippen LogP contribution >= 0.6 is 24.0 Å². The molecule has 0 heterocycles. The van der Waals surface area contributed by atoms with E-state index in [2.05, 4.69) is 20.4 Å². The van der Waals surface area contributed by atoms with Gasteiger partial charge in [-0.15, -0.1) is 24.0 Å². The summed E-state index contributed by atoms with van der Waals surface area (Å²) >= 11 is 0. The number of alkyl halides is 2. The smallest absolute Gasteiger partial charge is 0.387 e. The van der Waals surface area contributed by atoms with Crippen LogP contribution in [0.15, 0.2) is 47.5 Å². The van der Waals surface area contributed by atoms with Crippen LogP contribution in [-0.2, 0) is 13.1 Å². The van der Waals surface area contributed by atoms with Crippen molar-refractivity contribution in [2.24, 2.45) is 4.99 Å². The number of carbonyl (C=O) groups excluding carboxylic acids is 1. The van der Waals surface area contributed by atoms with Gasteiger partial charge in [0.05, 0.1) is 0 Å².